The number of allylic oxidation sites excluding steroid dienone is 4. The van der Waals surface area contributed by atoms with Crippen molar-refractivity contribution in [3.63, 3.8) is 0 Å². The van der Waals surface area contributed by atoms with Crippen LogP contribution in [0.3, 0.4) is 0 Å². The zero-order valence-corrected chi connectivity index (χ0v) is 6.28. The van der Waals surface area contributed by atoms with Gasteiger partial charge in [-0.2, -0.15) is 0 Å². The molecule has 1 aliphatic rings. The quantitative estimate of drug-likeness (QED) is 0.463. The van der Waals surface area contributed by atoms with E-state index < -0.39 is 0 Å². The van der Waals surface area contributed by atoms with Crippen LogP contribution in [0.25, 0.3) is 0 Å². The molecule has 0 heterocycles. The van der Waals surface area contributed by atoms with E-state index in [1.807, 2.05) is 0 Å². The van der Waals surface area contributed by atoms with Gasteiger partial charge in [0.2, 0.25) is 0 Å². The highest BCUT2D eigenvalue weighted by molar-refractivity contribution is 5.25. The zero-order valence-electron chi connectivity index (χ0n) is 6.28. The molecule has 0 saturated heterocycles. The summed E-state index contributed by atoms with van der Waals surface area (Å²) in [4.78, 5) is 0. The van der Waals surface area contributed by atoms with Gasteiger partial charge in [0.25, 0.3) is 0 Å². The van der Waals surface area contributed by atoms with Gasteiger partial charge in [0.15, 0.2) is 0 Å². The fourth-order valence-corrected chi connectivity index (χ4v) is 1.26. The molecule has 0 aromatic rings. The Kier molecular flexibility index (Phi) is 2.10. The predicted molar refractivity (Wildman–Crippen MR) is 41.4 cm³/mol. The van der Waals surface area contributed by atoms with E-state index in [1.165, 1.54) is 30.4 Å². The van der Waals surface area contributed by atoms with Crippen LogP contribution in [-0.4, -0.2) is 0 Å². The molecule has 0 spiro atoms. The molecular weight excluding hydrogens is 108 g/mol. The van der Waals surface area contributed by atoms with Crippen molar-refractivity contribution < 1.29 is 0 Å². The summed E-state index contributed by atoms with van der Waals surface area (Å²) in [6.45, 7) is 4.33. The topological polar surface area (TPSA) is 0 Å². The lowest BCUT2D eigenvalue weighted by Gasteiger charge is -2.10. The van der Waals surface area contributed by atoms with E-state index in [1.54, 1.807) is 0 Å². The van der Waals surface area contributed by atoms with Crippen LogP contribution >= 0.6 is 0 Å². The van der Waals surface area contributed by atoms with Gasteiger partial charge in [0.05, 0.1) is 0 Å². The van der Waals surface area contributed by atoms with Gasteiger partial charge < -0.3 is 0 Å². The van der Waals surface area contributed by atoms with Gasteiger partial charge in [-0.15, -0.1) is 0 Å². The highest BCUT2D eigenvalue weighted by Gasteiger charge is 2.00. The largest absolute Gasteiger partial charge is 0.0844 e. The van der Waals surface area contributed by atoms with Crippen molar-refractivity contribution in [2.24, 2.45) is 0 Å². The van der Waals surface area contributed by atoms with E-state index in [2.05, 4.69) is 26.0 Å². The molecule has 0 aliphatic heterocycles. The van der Waals surface area contributed by atoms with Crippen LogP contribution in [-0.2, 0) is 0 Å². The van der Waals surface area contributed by atoms with Crippen LogP contribution in [0.5, 0.6) is 0 Å². The average Bonchev–Trinajstić information content (AvgIpc) is 1.88. The van der Waals surface area contributed by atoms with Gasteiger partial charge in [-0.3, -0.25) is 0 Å². The standard InChI is InChI=1S/C9H14/c1-3-9-6-4-5-8(2)7-9/h3,7H,4-6H2,1-2H3/b9-3-. The second-order valence-corrected chi connectivity index (χ2v) is 2.71. The summed E-state index contributed by atoms with van der Waals surface area (Å²) in [6.07, 6.45) is 8.46. The highest BCUT2D eigenvalue weighted by atomic mass is 14.1. The van der Waals surface area contributed by atoms with Crippen molar-refractivity contribution in [2.75, 3.05) is 0 Å². The third-order valence-corrected chi connectivity index (χ3v) is 1.84. The molecule has 0 heteroatoms. The Labute approximate surface area is 57.3 Å². The second-order valence-electron chi connectivity index (χ2n) is 2.71. The maximum atomic E-state index is 2.31. The fourth-order valence-electron chi connectivity index (χ4n) is 1.26. The van der Waals surface area contributed by atoms with Gasteiger partial charge in [0.1, 0.15) is 0 Å². The maximum absolute atomic E-state index is 2.31. The molecule has 1 rings (SSSR count). The molecule has 0 aromatic heterocycles. The summed E-state index contributed by atoms with van der Waals surface area (Å²) in [6, 6.07) is 0. The Hall–Kier alpha value is -0.520. The van der Waals surface area contributed by atoms with Crippen LogP contribution in [0.4, 0.5) is 0 Å². The lowest BCUT2D eigenvalue weighted by Crippen LogP contribution is -1.90. The summed E-state index contributed by atoms with van der Waals surface area (Å²) in [5.41, 5.74) is 3.05. The molecule has 0 bridgehead atoms. The van der Waals surface area contributed by atoms with E-state index in [9.17, 15) is 0 Å². The van der Waals surface area contributed by atoms with E-state index >= 15 is 0 Å². The van der Waals surface area contributed by atoms with Gasteiger partial charge in [-0.25, -0.2) is 0 Å². The Morgan fingerprint density at radius 1 is 1.44 bits per heavy atom. The molecule has 0 radical (unpaired) electrons. The average molecular weight is 122 g/mol. The minimum Gasteiger partial charge on any atom is -0.0844 e. The van der Waals surface area contributed by atoms with Gasteiger partial charge in [-0.05, 0) is 33.1 Å². The molecule has 0 atom stereocenters. The number of hydrogen-bond donors (Lipinski definition) is 0. The van der Waals surface area contributed by atoms with Crippen molar-refractivity contribution in [3.8, 4) is 0 Å². The van der Waals surface area contributed by atoms with Crippen LogP contribution in [0, 0.1) is 0 Å². The van der Waals surface area contributed by atoms with Crippen LogP contribution in [0.15, 0.2) is 23.3 Å². The second kappa shape index (κ2) is 2.86. The van der Waals surface area contributed by atoms with Crippen molar-refractivity contribution >= 4 is 0 Å². The number of rotatable bonds is 0. The smallest absolute Gasteiger partial charge is 0.0279 e. The van der Waals surface area contributed by atoms with E-state index in [-0.39, 0.29) is 0 Å². The molecule has 0 fully saturated rings. The molecule has 0 N–H and O–H groups in total. The summed E-state index contributed by atoms with van der Waals surface area (Å²) < 4.78 is 0. The molecule has 0 saturated carbocycles. The van der Waals surface area contributed by atoms with Crippen molar-refractivity contribution in [2.45, 2.75) is 33.1 Å². The first kappa shape index (κ1) is 6.60. The summed E-state index contributed by atoms with van der Waals surface area (Å²) in [5.74, 6) is 0. The van der Waals surface area contributed by atoms with Crippen LogP contribution < -0.4 is 0 Å². The Morgan fingerprint density at radius 2 is 2.22 bits per heavy atom. The lowest BCUT2D eigenvalue weighted by molar-refractivity contribution is 0.783. The molecule has 0 aromatic carbocycles. The molecule has 1 aliphatic carbocycles. The first-order chi connectivity index (χ1) is 4.33. The molecule has 50 valence electrons. The Bertz CT molecular complexity index is 149. The van der Waals surface area contributed by atoms with E-state index in [0.29, 0.717) is 0 Å². The van der Waals surface area contributed by atoms with Gasteiger partial charge >= 0.3 is 0 Å². The van der Waals surface area contributed by atoms with Crippen LogP contribution in [0.1, 0.15) is 33.1 Å². The van der Waals surface area contributed by atoms with E-state index in [0.717, 1.165) is 0 Å². The Balaban J connectivity index is 2.68. The van der Waals surface area contributed by atoms with Crippen molar-refractivity contribution in [1.29, 1.82) is 0 Å². The lowest BCUT2D eigenvalue weighted by atomic mass is 9.96. The molecule has 9 heavy (non-hydrogen) atoms. The van der Waals surface area contributed by atoms with Crippen molar-refractivity contribution in [3.05, 3.63) is 23.3 Å². The SMILES string of the molecule is C/C=C1\C=C(C)CCC1. The fraction of sp³-hybridized carbons (Fsp3) is 0.556. The third-order valence-electron chi connectivity index (χ3n) is 1.84. The predicted octanol–water partition coefficient (Wildman–Crippen LogP) is 3.06. The first-order valence-corrected chi connectivity index (χ1v) is 3.65. The summed E-state index contributed by atoms with van der Waals surface area (Å²) >= 11 is 0. The summed E-state index contributed by atoms with van der Waals surface area (Å²) in [7, 11) is 0. The number of hydrogen-bond acceptors (Lipinski definition) is 0. The van der Waals surface area contributed by atoms with Gasteiger partial charge in [-0.1, -0.05) is 23.3 Å². The van der Waals surface area contributed by atoms with E-state index in [4.69, 9.17) is 0 Å². The normalized spacial score (nSPS) is 24.2. The molecule has 0 nitrogen and oxygen atoms in total. The summed E-state index contributed by atoms with van der Waals surface area (Å²) in [5, 5.41) is 0. The van der Waals surface area contributed by atoms with Gasteiger partial charge in [0, 0.05) is 0 Å². The maximum Gasteiger partial charge on any atom is -0.0279 e. The third kappa shape index (κ3) is 1.70. The first-order valence-electron chi connectivity index (χ1n) is 3.65. The minimum atomic E-state index is 1.29. The monoisotopic (exact) mass is 122 g/mol. The molecule has 0 unspecified atom stereocenters. The van der Waals surface area contributed by atoms with Crippen LogP contribution in [0.2, 0.25) is 0 Å². The molecule has 0 amide bonds. The zero-order chi connectivity index (χ0) is 6.69. The Morgan fingerprint density at radius 3 is 2.67 bits per heavy atom. The minimum absolute atomic E-state index is 1.29. The van der Waals surface area contributed by atoms with Crippen molar-refractivity contribution in [1.82, 2.24) is 0 Å². The highest BCUT2D eigenvalue weighted by Crippen LogP contribution is 2.20. The molecular formula is C9H14.